The van der Waals surface area contributed by atoms with Crippen LogP contribution in [0.25, 0.3) is 10.2 Å². The number of aryl methyl sites for hydroxylation is 3. The van der Waals surface area contributed by atoms with E-state index in [1.807, 2.05) is 42.8 Å². The van der Waals surface area contributed by atoms with E-state index in [2.05, 4.69) is 15.7 Å². The Morgan fingerprint density at radius 3 is 2.95 bits per heavy atom. The molecule has 0 aliphatic heterocycles. The minimum atomic E-state index is -0.298. The molecule has 0 atom stereocenters. The number of thiazole rings is 1. The maximum atomic E-state index is 12.3. The number of hydrogen-bond acceptors (Lipinski definition) is 5. The summed E-state index contributed by atoms with van der Waals surface area (Å²) in [4.78, 5) is 13.0. The summed E-state index contributed by atoms with van der Waals surface area (Å²) in [5.74, 6) is 0.207. The van der Waals surface area contributed by atoms with E-state index in [1.165, 1.54) is 11.3 Å². The number of carbonyl (C=O) groups excluding carboxylic acids is 1. The normalized spacial score (nSPS) is 12.0. The van der Waals surface area contributed by atoms with Crippen molar-refractivity contribution in [1.82, 2.24) is 15.1 Å². The maximum absolute atomic E-state index is 12.3. The molecule has 2 aromatic heterocycles. The Morgan fingerprint density at radius 1 is 1.45 bits per heavy atom. The lowest BCUT2D eigenvalue weighted by Gasteiger charge is -1.99. The second-order valence-corrected chi connectivity index (χ2v) is 5.89. The van der Waals surface area contributed by atoms with Crippen molar-refractivity contribution in [2.75, 3.05) is 0 Å². The van der Waals surface area contributed by atoms with E-state index in [0.29, 0.717) is 23.4 Å². The third kappa shape index (κ3) is 2.43. The molecule has 0 saturated carbocycles. The summed E-state index contributed by atoms with van der Waals surface area (Å²) in [6.45, 7) is 3.65. The Morgan fingerprint density at radius 2 is 2.23 bits per heavy atom. The van der Waals surface area contributed by atoms with Crippen LogP contribution in [0.4, 0.5) is 0 Å². The van der Waals surface area contributed by atoms with Gasteiger partial charge in [0.2, 0.25) is 4.80 Å². The number of nitrogens with zero attached hydrogens (tertiary/aromatic N) is 3. The van der Waals surface area contributed by atoms with Crippen LogP contribution in [0.3, 0.4) is 0 Å². The van der Waals surface area contributed by atoms with Crippen LogP contribution in [-0.2, 0) is 13.5 Å². The number of amides is 1. The first kappa shape index (κ1) is 14.5. The number of nitrogens with one attached hydrogen (secondary N) is 1. The van der Waals surface area contributed by atoms with Gasteiger partial charge in [-0.05, 0) is 25.5 Å². The first-order chi connectivity index (χ1) is 10.6. The number of hydrogen-bond donors (Lipinski definition) is 1. The molecule has 0 radical (unpaired) electrons. The number of benzene rings is 1. The average Bonchev–Trinajstić information content (AvgIpc) is 3.06. The molecule has 1 N–H and O–H groups in total. The minimum Gasteiger partial charge on any atom is -0.361 e. The summed E-state index contributed by atoms with van der Waals surface area (Å²) in [7, 11) is 1.92. The van der Waals surface area contributed by atoms with Gasteiger partial charge in [0.25, 0.3) is 5.91 Å². The minimum absolute atomic E-state index is 0.298. The van der Waals surface area contributed by atoms with Gasteiger partial charge in [0.05, 0.1) is 15.9 Å². The predicted octanol–water partition coefficient (Wildman–Crippen LogP) is 2.34. The lowest BCUT2D eigenvalue weighted by molar-refractivity contribution is 0.0950. The molecule has 3 rings (SSSR count). The number of para-hydroxylation sites is 1. The first-order valence-corrected chi connectivity index (χ1v) is 7.77. The molecule has 0 spiro atoms. The average molecular weight is 316 g/mol. The van der Waals surface area contributed by atoms with Crippen LogP contribution < -0.4 is 10.2 Å². The largest absolute Gasteiger partial charge is 0.361 e. The predicted molar refractivity (Wildman–Crippen MR) is 84.4 cm³/mol. The molecule has 0 aliphatic carbocycles. The van der Waals surface area contributed by atoms with Crippen molar-refractivity contribution < 1.29 is 9.32 Å². The van der Waals surface area contributed by atoms with Crippen molar-refractivity contribution in [3.05, 3.63) is 46.1 Å². The second kappa shape index (κ2) is 5.76. The molecule has 0 bridgehead atoms. The summed E-state index contributed by atoms with van der Waals surface area (Å²) >= 11 is 1.52. The zero-order chi connectivity index (χ0) is 15.7. The summed E-state index contributed by atoms with van der Waals surface area (Å²) in [5, 5.41) is 8.11. The van der Waals surface area contributed by atoms with E-state index in [4.69, 9.17) is 4.52 Å². The highest BCUT2D eigenvalue weighted by Gasteiger charge is 2.18. The molecule has 1 aromatic carbocycles. The van der Waals surface area contributed by atoms with Crippen molar-refractivity contribution in [2.24, 2.45) is 12.1 Å². The second-order valence-electron chi connectivity index (χ2n) is 4.88. The van der Waals surface area contributed by atoms with Gasteiger partial charge in [-0.1, -0.05) is 35.5 Å². The number of fused-ring (bicyclic) bond motifs is 1. The number of rotatable bonds is 3. The molecule has 0 saturated heterocycles. The van der Waals surface area contributed by atoms with Crippen LogP contribution in [0.2, 0.25) is 0 Å². The molecule has 7 heteroatoms. The van der Waals surface area contributed by atoms with Crippen LogP contribution in [0.5, 0.6) is 0 Å². The Labute approximate surface area is 131 Å². The first-order valence-electron chi connectivity index (χ1n) is 6.95. The van der Waals surface area contributed by atoms with Crippen LogP contribution >= 0.6 is 11.3 Å². The van der Waals surface area contributed by atoms with Crippen LogP contribution in [0.15, 0.2) is 33.9 Å². The molecule has 114 valence electrons. The summed E-state index contributed by atoms with van der Waals surface area (Å²) < 4.78 is 8.14. The van der Waals surface area contributed by atoms with Crippen molar-refractivity contribution in [1.29, 1.82) is 0 Å². The zero-order valence-corrected chi connectivity index (χ0v) is 13.4. The van der Waals surface area contributed by atoms with Crippen molar-refractivity contribution in [2.45, 2.75) is 20.3 Å². The summed E-state index contributed by atoms with van der Waals surface area (Å²) in [6.07, 6.45) is 0.636. The molecule has 0 unspecified atom stereocenters. The number of carbonyl (C=O) groups is 1. The van der Waals surface area contributed by atoms with Crippen LogP contribution in [0.1, 0.15) is 28.7 Å². The van der Waals surface area contributed by atoms with E-state index in [1.54, 1.807) is 6.92 Å². The van der Waals surface area contributed by atoms with Gasteiger partial charge in [-0.3, -0.25) is 4.79 Å². The van der Waals surface area contributed by atoms with Crippen molar-refractivity contribution >= 4 is 27.5 Å². The Bertz CT molecular complexity index is 904. The Kier molecular flexibility index (Phi) is 3.81. The lowest BCUT2D eigenvalue weighted by atomic mass is 10.1. The topological polar surface area (TPSA) is 72.4 Å². The molecule has 6 nitrogen and oxygen atoms in total. The van der Waals surface area contributed by atoms with Crippen molar-refractivity contribution in [3.63, 3.8) is 0 Å². The Hall–Kier alpha value is -2.41. The highest BCUT2D eigenvalue weighted by atomic mass is 32.1. The molecule has 0 aliphatic rings. The molecule has 1 amide bonds. The third-order valence-corrected chi connectivity index (χ3v) is 4.58. The molecular formula is C15H16N4O2S. The quantitative estimate of drug-likeness (QED) is 0.754. The van der Waals surface area contributed by atoms with E-state index in [9.17, 15) is 4.79 Å². The fourth-order valence-corrected chi connectivity index (χ4v) is 3.27. The SMILES string of the molecule is CCc1noc(C)c1C(=O)N/N=c1\sc2ccccc2n1C. The lowest BCUT2D eigenvalue weighted by Crippen LogP contribution is -2.24. The van der Waals surface area contributed by atoms with Gasteiger partial charge in [-0.15, -0.1) is 5.10 Å². The monoisotopic (exact) mass is 316 g/mol. The van der Waals surface area contributed by atoms with E-state index in [0.717, 1.165) is 15.0 Å². The fraction of sp³-hybridized carbons (Fsp3) is 0.267. The molecule has 0 fully saturated rings. The van der Waals surface area contributed by atoms with Gasteiger partial charge in [-0.2, -0.15) is 0 Å². The van der Waals surface area contributed by atoms with Gasteiger partial charge in [-0.25, -0.2) is 5.43 Å². The van der Waals surface area contributed by atoms with Crippen molar-refractivity contribution in [3.8, 4) is 0 Å². The van der Waals surface area contributed by atoms with E-state index < -0.39 is 0 Å². The standard InChI is InChI=1S/C15H16N4O2S/c1-4-10-13(9(2)21-18-10)14(20)16-17-15-19(3)11-7-5-6-8-12(11)22-15/h5-8H,4H2,1-3H3,(H,16,20)/b17-15-. The summed E-state index contributed by atoms with van der Waals surface area (Å²) in [5.41, 5.74) is 4.79. The van der Waals surface area contributed by atoms with Gasteiger partial charge >= 0.3 is 0 Å². The molecular weight excluding hydrogens is 300 g/mol. The van der Waals surface area contributed by atoms with Crippen LogP contribution in [0, 0.1) is 6.92 Å². The van der Waals surface area contributed by atoms with E-state index >= 15 is 0 Å². The van der Waals surface area contributed by atoms with Gasteiger partial charge in [0.15, 0.2) is 0 Å². The summed E-state index contributed by atoms with van der Waals surface area (Å²) in [6, 6.07) is 8.01. The Balaban J connectivity index is 1.94. The van der Waals surface area contributed by atoms with Gasteiger partial charge in [0.1, 0.15) is 11.3 Å². The van der Waals surface area contributed by atoms with Gasteiger partial charge < -0.3 is 9.09 Å². The fourth-order valence-electron chi connectivity index (χ4n) is 2.29. The smallest absolute Gasteiger partial charge is 0.276 e. The number of aromatic nitrogens is 2. The zero-order valence-electron chi connectivity index (χ0n) is 12.6. The third-order valence-electron chi connectivity index (χ3n) is 3.46. The molecule has 22 heavy (non-hydrogen) atoms. The van der Waals surface area contributed by atoms with E-state index in [-0.39, 0.29) is 5.91 Å². The maximum Gasteiger partial charge on any atom is 0.276 e. The van der Waals surface area contributed by atoms with Crippen LogP contribution in [-0.4, -0.2) is 15.6 Å². The molecule has 3 aromatic rings. The van der Waals surface area contributed by atoms with Gasteiger partial charge in [0, 0.05) is 7.05 Å². The highest BCUT2D eigenvalue weighted by Crippen LogP contribution is 2.15. The molecule has 2 heterocycles. The highest BCUT2D eigenvalue weighted by molar-refractivity contribution is 7.16.